The van der Waals surface area contributed by atoms with E-state index in [1.165, 1.54) is 533 Å². The molecule has 1 saturated carbocycles. The predicted octanol–water partition coefficient (Wildman–Crippen LogP) is 34.2. The molecule has 0 N–H and O–H groups in total. The van der Waals surface area contributed by atoms with Crippen LogP contribution < -0.4 is 0 Å². The molecule has 0 bridgehead atoms. The Morgan fingerprint density at radius 2 is 0.227 bits per heavy atom. The van der Waals surface area contributed by atoms with Crippen molar-refractivity contribution >= 4 is 0 Å². The average molecular weight is 1230 g/mol. The maximum absolute atomic E-state index is 2.32. The Morgan fingerprint density at radius 3 is 0.341 bits per heavy atom. The molecule has 1 rings (SSSR count). The molecule has 0 nitrogen and oxygen atoms in total. The largest absolute Gasteiger partial charge is 0.0654 e. The Labute approximate surface area is 561 Å². The minimum Gasteiger partial charge on any atom is -0.0654 e. The Kier molecular flexibility index (Phi) is 79.4. The maximum Gasteiger partial charge on any atom is -0.0414 e. The van der Waals surface area contributed by atoms with Gasteiger partial charge in [-0.05, 0) is 5.92 Å². The van der Waals surface area contributed by atoms with E-state index in [0.717, 1.165) is 5.92 Å². The molecule has 0 aromatic carbocycles. The standard InChI is InChI=1S/C88H176/c1-2-3-4-5-6-7-8-9-10-11-12-13-14-15-16-17-18-19-20-21-22-23-24-25-26-27-28-29-30-31-32-33-34-35-36-37-38-39-40-41-42-43-44-45-46-47-48-49-50-51-52-53-54-55-56-57-58-59-60-61-62-63-64-65-66-67-68-69-70-71-72-73-74-75-76-77-78-79-80-82-85-88-86-83-81-84-87-88/h88H,2-87H2,1H3. The van der Waals surface area contributed by atoms with Gasteiger partial charge in [0, 0.05) is 0 Å². The fraction of sp³-hybridized carbons (Fsp3) is 1.00. The maximum atomic E-state index is 2.32. The molecule has 1 fully saturated rings. The van der Waals surface area contributed by atoms with Crippen LogP contribution in [0, 0.1) is 5.92 Å². The fourth-order valence-corrected chi connectivity index (χ4v) is 15.8. The van der Waals surface area contributed by atoms with Crippen molar-refractivity contribution in [3.63, 3.8) is 0 Å². The van der Waals surface area contributed by atoms with E-state index in [0.29, 0.717) is 0 Å². The van der Waals surface area contributed by atoms with Gasteiger partial charge in [0.05, 0.1) is 0 Å². The molecule has 528 valence electrons. The number of unbranched alkanes of at least 4 members (excludes halogenated alkanes) is 79. The summed E-state index contributed by atoms with van der Waals surface area (Å²) in [5, 5.41) is 0. The molecule has 0 atom stereocenters. The lowest BCUT2D eigenvalue weighted by Crippen LogP contribution is -2.05. The van der Waals surface area contributed by atoms with Crippen LogP contribution in [0.2, 0.25) is 0 Å². The van der Waals surface area contributed by atoms with Crippen molar-refractivity contribution in [3.8, 4) is 0 Å². The van der Waals surface area contributed by atoms with Crippen LogP contribution in [0.15, 0.2) is 0 Å². The summed E-state index contributed by atoms with van der Waals surface area (Å²) in [7, 11) is 0. The van der Waals surface area contributed by atoms with Crippen LogP contribution in [0.25, 0.3) is 0 Å². The molecule has 0 heterocycles. The summed E-state index contributed by atoms with van der Waals surface area (Å²) in [6, 6.07) is 0. The smallest absolute Gasteiger partial charge is 0.0414 e. The highest BCUT2D eigenvalue weighted by Gasteiger charge is 2.12. The van der Waals surface area contributed by atoms with Crippen LogP contribution in [-0.2, 0) is 0 Å². The third-order valence-electron chi connectivity index (χ3n) is 22.2. The van der Waals surface area contributed by atoms with Crippen molar-refractivity contribution < 1.29 is 0 Å². The summed E-state index contributed by atoms with van der Waals surface area (Å²) in [5.74, 6) is 1.10. The lowest BCUT2D eigenvalue weighted by molar-refractivity contribution is 0.328. The van der Waals surface area contributed by atoms with E-state index in [-0.39, 0.29) is 0 Å². The van der Waals surface area contributed by atoms with Gasteiger partial charge in [0.15, 0.2) is 0 Å². The lowest BCUT2D eigenvalue weighted by atomic mass is 9.85. The van der Waals surface area contributed by atoms with E-state index in [1.807, 2.05) is 0 Å². The SMILES string of the molecule is CCCCCCCCCCCCCCCCCCCCCCCCCCCCCCCCCCCCCCCCCCCCCCCCCCCCCCCCCCCCCCCCCCCCCCCCCCCCCCCCCCC1CCCCC1. The highest BCUT2D eigenvalue weighted by molar-refractivity contribution is 4.66. The van der Waals surface area contributed by atoms with E-state index >= 15 is 0 Å². The van der Waals surface area contributed by atoms with Gasteiger partial charge in [-0.25, -0.2) is 0 Å². The highest BCUT2D eigenvalue weighted by atomic mass is 14.2. The zero-order valence-corrected chi connectivity index (χ0v) is 62.4. The van der Waals surface area contributed by atoms with Gasteiger partial charge in [0.25, 0.3) is 0 Å². The van der Waals surface area contributed by atoms with E-state index in [9.17, 15) is 0 Å². The second kappa shape index (κ2) is 81.2. The molecule has 1 aliphatic carbocycles. The van der Waals surface area contributed by atoms with Gasteiger partial charge >= 0.3 is 0 Å². The Balaban J connectivity index is 1.58. The molecule has 0 aromatic rings. The quantitative estimate of drug-likeness (QED) is 0.0533. The summed E-state index contributed by atoms with van der Waals surface area (Å²) >= 11 is 0. The topological polar surface area (TPSA) is 0 Å². The van der Waals surface area contributed by atoms with Crippen LogP contribution in [0.5, 0.6) is 0 Å². The minimum absolute atomic E-state index is 1.10. The monoisotopic (exact) mass is 1230 g/mol. The van der Waals surface area contributed by atoms with Gasteiger partial charge in [-0.15, -0.1) is 0 Å². The first-order valence-corrected chi connectivity index (χ1v) is 43.9. The van der Waals surface area contributed by atoms with Gasteiger partial charge in [0.1, 0.15) is 0 Å². The van der Waals surface area contributed by atoms with Crippen LogP contribution in [0.1, 0.15) is 559 Å². The molecule has 0 spiro atoms. The van der Waals surface area contributed by atoms with E-state index in [4.69, 9.17) is 0 Å². The molecule has 88 heavy (non-hydrogen) atoms. The van der Waals surface area contributed by atoms with E-state index < -0.39 is 0 Å². The number of hydrogen-bond donors (Lipinski definition) is 0. The van der Waals surface area contributed by atoms with E-state index in [2.05, 4.69) is 6.92 Å². The van der Waals surface area contributed by atoms with E-state index in [1.54, 1.807) is 19.3 Å². The van der Waals surface area contributed by atoms with Crippen molar-refractivity contribution in [2.24, 2.45) is 5.92 Å². The van der Waals surface area contributed by atoms with Crippen molar-refractivity contribution in [3.05, 3.63) is 0 Å². The molecular weight excluding hydrogens is 1060 g/mol. The van der Waals surface area contributed by atoms with Gasteiger partial charge in [-0.3, -0.25) is 0 Å². The Bertz CT molecular complexity index is 1150. The normalized spacial score (nSPS) is 13.1. The second-order valence-corrected chi connectivity index (χ2v) is 31.2. The lowest BCUT2D eigenvalue weighted by Gasteiger charge is -2.21. The third-order valence-corrected chi connectivity index (χ3v) is 22.2. The second-order valence-electron chi connectivity index (χ2n) is 31.2. The first-order valence-electron chi connectivity index (χ1n) is 43.9. The average Bonchev–Trinajstić information content (AvgIpc) is 3.54. The molecule has 0 aliphatic heterocycles. The summed E-state index contributed by atoms with van der Waals surface area (Å²) in [6.45, 7) is 2.32. The number of hydrogen-bond acceptors (Lipinski definition) is 0. The summed E-state index contributed by atoms with van der Waals surface area (Å²) in [6.07, 6.45) is 129. The number of rotatable bonds is 81. The molecule has 1 aliphatic rings. The van der Waals surface area contributed by atoms with Crippen molar-refractivity contribution in [2.45, 2.75) is 559 Å². The predicted molar refractivity (Wildman–Crippen MR) is 406 cm³/mol. The van der Waals surface area contributed by atoms with Gasteiger partial charge in [0.2, 0.25) is 0 Å². The van der Waals surface area contributed by atoms with Gasteiger partial charge in [-0.2, -0.15) is 0 Å². The summed E-state index contributed by atoms with van der Waals surface area (Å²) in [4.78, 5) is 0. The fourth-order valence-electron chi connectivity index (χ4n) is 15.8. The van der Waals surface area contributed by atoms with Gasteiger partial charge < -0.3 is 0 Å². The Morgan fingerprint density at radius 1 is 0.125 bits per heavy atom. The third kappa shape index (κ3) is 76.7. The summed E-state index contributed by atoms with van der Waals surface area (Å²) in [5.41, 5.74) is 0. The molecule has 0 amide bonds. The zero-order chi connectivity index (χ0) is 62.4. The first kappa shape index (κ1) is 86.0. The zero-order valence-electron chi connectivity index (χ0n) is 62.4. The molecule has 0 heteroatoms. The minimum atomic E-state index is 1.10. The molecule has 0 unspecified atom stereocenters. The van der Waals surface area contributed by atoms with Crippen LogP contribution in [0.4, 0.5) is 0 Å². The molecule has 0 aromatic heterocycles. The molecular formula is C88H176. The highest BCUT2D eigenvalue weighted by Crippen LogP contribution is 2.29. The Hall–Kier alpha value is 0. The van der Waals surface area contributed by atoms with Crippen LogP contribution in [0.3, 0.4) is 0 Å². The molecule has 0 saturated heterocycles. The molecule has 0 radical (unpaired) electrons. The van der Waals surface area contributed by atoms with Crippen LogP contribution >= 0.6 is 0 Å². The van der Waals surface area contributed by atoms with Crippen LogP contribution in [-0.4, -0.2) is 0 Å². The van der Waals surface area contributed by atoms with Crippen molar-refractivity contribution in [2.75, 3.05) is 0 Å². The first-order chi connectivity index (χ1) is 43.9. The van der Waals surface area contributed by atoms with Gasteiger partial charge in [-0.1, -0.05) is 559 Å². The summed E-state index contributed by atoms with van der Waals surface area (Å²) < 4.78 is 0. The van der Waals surface area contributed by atoms with Crippen molar-refractivity contribution in [1.29, 1.82) is 0 Å². The van der Waals surface area contributed by atoms with Crippen molar-refractivity contribution in [1.82, 2.24) is 0 Å².